The van der Waals surface area contributed by atoms with E-state index >= 15 is 0 Å². The van der Waals surface area contributed by atoms with Crippen LogP contribution in [0.3, 0.4) is 0 Å². The van der Waals surface area contributed by atoms with Gasteiger partial charge in [0.05, 0.1) is 0 Å². The Morgan fingerprint density at radius 1 is 0.593 bits per heavy atom. The molecule has 0 bridgehead atoms. The number of rotatable bonds is 20. The predicted molar refractivity (Wildman–Crippen MR) is 119 cm³/mol. The third-order valence-electron chi connectivity index (χ3n) is 6.02. The molecule has 0 aliphatic rings. The molecule has 0 spiro atoms. The zero-order valence-corrected chi connectivity index (χ0v) is 18.7. The minimum Gasteiger partial charge on any atom is -0.250 e. The summed E-state index contributed by atoms with van der Waals surface area (Å²) in [6.07, 6.45) is 33.4. The van der Waals surface area contributed by atoms with Gasteiger partial charge >= 0.3 is 0 Å². The normalized spacial score (nSPS) is 12.5. The first-order valence-electron chi connectivity index (χ1n) is 12.4. The maximum atomic E-state index is 3.22. The summed E-state index contributed by atoms with van der Waals surface area (Å²) in [6, 6.07) is 0.708. The summed E-state index contributed by atoms with van der Waals surface area (Å²) in [6.45, 7) is 4.60. The first-order valence-corrected chi connectivity index (χ1v) is 12.4. The van der Waals surface area contributed by atoms with Crippen molar-refractivity contribution in [3.63, 3.8) is 0 Å². The summed E-state index contributed by atoms with van der Waals surface area (Å²) in [5.74, 6) is 0. The molecule has 2 heteroatoms. The fourth-order valence-electron chi connectivity index (χ4n) is 4.18. The smallest absolute Gasteiger partial charge is 0.241 e. The SMILES string of the molecule is CCCCCCCCCCCCCCCCC(CCCCC)[n+]1cc[nH]c1. The third kappa shape index (κ3) is 13.9. The second-order valence-electron chi connectivity index (χ2n) is 8.59. The molecule has 1 heterocycles. The van der Waals surface area contributed by atoms with Crippen molar-refractivity contribution in [1.29, 1.82) is 0 Å². The lowest BCUT2D eigenvalue weighted by Crippen LogP contribution is -2.37. The second-order valence-corrected chi connectivity index (χ2v) is 8.59. The Balaban J connectivity index is 1.91. The van der Waals surface area contributed by atoms with E-state index in [2.05, 4.69) is 42.1 Å². The topological polar surface area (TPSA) is 19.7 Å². The molecule has 2 nitrogen and oxygen atoms in total. The lowest BCUT2D eigenvalue weighted by molar-refractivity contribution is -0.723. The van der Waals surface area contributed by atoms with Crippen LogP contribution in [0.25, 0.3) is 0 Å². The van der Waals surface area contributed by atoms with Gasteiger partial charge in [0.2, 0.25) is 6.33 Å². The van der Waals surface area contributed by atoms with Crippen molar-refractivity contribution in [2.75, 3.05) is 0 Å². The van der Waals surface area contributed by atoms with Gasteiger partial charge in [-0.3, -0.25) is 4.98 Å². The van der Waals surface area contributed by atoms with Gasteiger partial charge in [-0.25, -0.2) is 4.57 Å². The fourth-order valence-corrected chi connectivity index (χ4v) is 4.18. The van der Waals surface area contributed by atoms with Gasteiger partial charge in [0.25, 0.3) is 0 Å². The van der Waals surface area contributed by atoms with Crippen molar-refractivity contribution in [2.24, 2.45) is 0 Å². The van der Waals surface area contributed by atoms with E-state index in [9.17, 15) is 0 Å². The van der Waals surface area contributed by atoms with E-state index in [1.807, 2.05) is 0 Å². The van der Waals surface area contributed by atoms with Crippen LogP contribution >= 0.6 is 0 Å². The molecule has 1 atom stereocenters. The van der Waals surface area contributed by atoms with Crippen molar-refractivity contribution in [3.05, 3.63) is 18.7 Å². The molecule has 1 N–H and O–H groups in total. The third-order valence-corrected chi connectivity index (χ3v) is 6.02. The number of aromatic amines is 1. The number of H-pyrrole nitrogens is 1. The van der Waals surface area contributed by atoms with Crippen LogP contribution in [0.5, 0.6) is 0 Å². The molecule has 158 valence electrons. The molecule has 0 saturated carbocycles. The van der Waals surface area contributed by atoms with Gasteiger partial charge in [0.1, 0.15) is 18.4 Å². The molecular formula is C25H49N2+. The number of hydrogen-bond acceptors (Lipinski definition) is 0. The second kappa shape index (κ2) is 18.6. The van der Waals surface area contributed by atoms with Crippen LogP contribution in [-0.2, 0) is 0 Å². The highest BCUT2D eigenvalue weighted by molar-refractivity contribution is 4.61. The monoisotopic (exact) mass is 377 g/mol. The fraction of sp³-hybridized carbons (Fsp3) is 0.880. The quantitative estimate of drug-likeness (QED) is 0.174. The first kappa shape index (κ1) is 24.2. The zero-order valence-electron chi connectivity index (χ0n) is 18.7. The van der Waals surface area contributed by atoms with Gasteiger partial charge in [0.15, 0.2) is 0 Å². The summed E-state index contributed by atoms with van der Waals surface area (Å²) >= 11 is 0. The van der Waals surface area contributed by atoms with Crippen LogP contribution in [0.4, 0.5) is 0 Å². The lowest BCUT2D eigenvalue weighted by Gasteiger charge is -2.13. The zero-order chi connectivity index (χ0) is 19.4. The minimum absolute atomic E-state index is 0.708. The maximum Gasteiger partial charge on any atom is 0.241 e. The van der Waals surface area contributed by atoms with Crippen LogP contribution in [-0.4, -0.2) is 4.98 Å². The molecule has 0 saturated heterocycles. The Morgan fingerprint density at radius 3 is 1.44 bits per heavy atom. The van der Waals surface area contributed by atoms with E-state index in [1.54, 1.807) is 0 Å². The van der Waals surface area contributed by atoms with Crippen LogP contribution in [0.1, 0.15) is 142 Å². The van der Waals surface area contributed by atoms with Crippen molar-refractivity contribution in [3.8, 4) is 0 Å². The molecule has 1 aromatic rings. The molecule has 1 aromatic heterocycles. The molecule has 0 aromatic carbocycles. The van der Waals surface area contributed by atoms with Gasteiger partial charge in [0, 0.05) is 0 Å². The van der Waals surface area contributed by atoms with Crippen LogP contribution < -0.4 is 4.57 Å². The highest BCUT2D eigenvalue weighted by atomic mass is 15.0. The van der Waals surface area contributed by atoms with Gasteiger partial charge in [-0.1, -0.05) is 110 Å². The van der Waals surface area contributed by atoms with Crippen molar-refractivity contribution in [1.82, 2.24) is 4.98 Å². The van der Waals surface area contributed by atoms with Crippen LogP contribution in [0, 0.1) is 0 Å². The molecular weight excluding hydrogens is 328 g/mol. The highest BCUT2D eigenvalue weighted by Crippen LogP contribution is 2.19. The highest BCUT2D eigenvalue weighted by Gasteiger charge is 2.14. The molecule has 0 amide bonds. The van der Waals surface area contributed by atoms with E-state index in [4.69, 9.17) is 0 Å². The van der Waals surface area contributed by atoms with Crippen molar-refractivity contribution in [2.45, 2.75) is 142 Å². The molecule has 0 aliphatic carbocycles. The Hall–Kier alpha value is -0.790. The maximum absolute atomic E-state index is 3.22. The van der Waals surface area contributed by atoms with E-state index < -0.39 is 0 Å². The Morgan fingerprint density at radius 2 is 1.00 bits per heavy atom. The predicted octanol–water partition coefficient (Wildman–Crippen LogP) is 8.30. The molecule has 0 aliphatic heterocycles. The Kier molecular flexibility index (Phi) is 16.7. The number of hydrogen-bond donors (Lipinski definition) is 1. The first-order chi connectivity index (χ1) is 13.4. The molecule has 0 fully saturated rings. The lowest BCUT2D eigenvalue weighted by atomic mass is 10.0. The van der Waals surface area contributed by atoms with Gasteiger partial charge in [-0.15, -0.1) is 0 Å². The summed E-state index contributed by atoms with van der Waals surface area (Å²) in [7, 11) is 0. The standard InChI is InChI=1S/C25H48N2/c1-3-5-7-8-9-10-11-12-13-14-15-16-17-19-21-25(20-18-6-4-2)27-23-22-26-24-27/h22-25H,3-21H2,1-2H3/p+1. The molecule has 1 rings (SSSR count). The van der Waals surface area contributed by atoms with Gasteiger partial charge in [-0.05, 0) is 25.7 Å². The summed E-state index contributed by atoms with van der Waals surface area (Å²) in [4.78, 5) is 3.22. The van der Waals surface area contributed by atoms with E-state index in [0.717, 1.165) is 0 Å². The average molecular weight is 378 g/mol. The number of nitrogens with one attached hydrogen (secondary N) is 1. The van der Waals surface area contributed by atoms with E-state index in [-0.39, 0.29) is 0 Å². The Bertz CT molecular complexity index is 385. The van der Waals surface area contributed by atoms with Crippen LogP contribution in [0.2, 0.25) is 0 Å². The largest absolute Gasteiger partial charge is 0.250 e. The van der Waals surface area contributed by atoms with Gasteiger partial charge in [-0.2, -0.15) is 0 Å². The summed E-state index contributed by atoms with van der Waals surface area (Å²) in [5.41, 5.74) is 0. The van der Waals surface area contributed by atoms with E-state index in [0.29, 0.717) is 6.04 Å². The molecule has 27 heavy (non-hydrogen) atoms. The average Bonchev–Trinajstić information content (AvgIpc) is 3.21. The number of aromatic nitrogens is 2. The number of unbranched alkanes of at least 4 members (excludes halogenated alkanes) is 15. The Labute approximate surface area is 170 Å². The van der Waals surface area contributed by atoms with Crippen LogP contribution in [0.15, 0.2) is 18.7 Å². The number of imidazole rings is 1. The van der Waals surface area contributed by atoms with Crippen molar-refractivity contribution >= 4 is 0 Å². The summed E-state index contributed by atoms with van der Waals surface area (Å²) < 4.78 is 2.40. The van der Waals surface area contributed by atoms with E-state index in [1.165, 1.54) is 122 Å². The van der Waals surface area contributed by atoms with Gasteiger partial charge < -0.3 is 0 Å². The molecule has 1 unspecified atom stereocenters. The minimum atomic E-state index is 0.708. The van der Waals surface area contributed by atoms with Crippen molar-refractivity contribution < 1.29 is 4.57 Å². The summed E-state index contributed by atoms with van der Waals surface area (Å²) in [5, 5.41) is 0. The number of nitrogens with zero attached hydrogens (tertiary/aromatic N) is 1. The molecule has 0 radical (unpaired) electrons.